The van der Waals surface area contributed by atoms with Crippen molar-refractivity contribution in [2.75, 3.05) is 7.11 Å². The van der Waals surface area contributed by atoms with Crippen LogP contribution in [0, 0.1) is 0 Å². The number of aliphatic hydroxyl groups excluding tert-OH is 2. The second kappa shape index (κ2) is 9.13. The molecule has 0 unspecified atom stereocenters. The smallest absolute Gasteiger partial charge is 0.342 e. The Morgan fingerprint density at radius 1 is 1.00 bits per heavy atom. The molecule has 34 heavy (non-hydrogen) atoms. The summed E-state index contributed by atoms with van der Waals surface area (Å²) in [6, 6.07) is 15.8. The van der Waals surface area contributed by atoms with Gasteiger partial charge in [0.05, 0.1) is 13.2 Å². The molecule has 176 valence electrons. The van der Waals surface area contributed by atoms with Gasteiger partial charge in [-0.3, -0.25) is 0 Å². The van der Waals surface area contributed by atoms with Crippen molar-refractivity contribution < 1.29 is 29.6 Å². The molecule has 0 saturated carbocycles. The van der Waals surface area contributed by atoms with Crippen molar-refractivity contribution in [3.8, 4) is 0 Å². The Morgan fingerprint density at radius 2 is 1.62 bits per heavy atom. The van der Waals surface area contributed by atoms with Crippen LogP contribution in [0.2, 0.25) is 0 Å². The van der Waals surface area contributed by atoms with E-state index in [1.165, 1.54) is 7.11 Å². The molecule has 0 fully saturated rings. The van der Waals surface area contributed by atoms with Gasteiger partial charge in [-0.05, 0) is 69.1 Å². The number of aliphatic hydroxyl groups is 3. The SMILES string of the molecule is COC(=O)[C@@]1(O)C[C@@H](O)[C@H](O)C(OCc2ccc3sccc3c2)=C1Cc1ccc2sccc2c1. The molecule has 0 aliphatic heterocycles. The molecule has 1 aliphatic rings. The number of carbonyl (C=O) groups is 1. The zero-order chi connectivity index (χ0) is 23.9. The van der Waals surface area contributed by atoms with Crippen LogP contribution < -0.4 is 0 Å². The van der Waals surface area contributed by atoms with Crippen LogP contribution in [0.3, 0.4) is 0 Å². The van der Waals surface area contributed by atoms with Crippen LogP contribution in [0.25, 0.3) is 20.2 Å². The lowest BCUT2D eigenvalue weighted by molar-refractivity contribution is -0.166. The minimum Gasteiger partial charge on any atom is -0.490 e. The van der Waals surface area contributed by atoms with E-state index in [-0.39, 0.29) is 30.8 Å². The Bertz CT molecular complexity index is 1390. The quantitative estimate of drug-likeness (QED) is 0.347. The molecule has 2 aromatic carbocycles. The number of thiophene rings is 2. The number of benzene rings is 2. The van der Waals surface area contributed by atoms with Crippen molar-refractivity contribution in [2.24, 2.45) is 0 Å². The first kappa shape index (κ1) is 23.0. The molecule has 4 aromatic rings. The molecule has 1 aliphatic carbocycles. The van der Waals surface area contributed by atoms with Gasteiger partial charge in [0.15, 0.2) is 5.60 Å². The van der Waals surface area contributed by atoms with Gasteiger partial charge in [-0.15, -0.1) is 22.7 Å². The van der Waals surface area contributed by atoms with Gasteiger partial charge in [0, 0.05) is 27.8 Å². The summed E-state index contributed by atoms with van der Waals surface area (Å²) < 4.78 is 13.2. The largest absolute Gasteiger partial charge is 0.490 e. The summed E-state index contributed by atoms with van der Waals surface area (Å²) in [5.74, 6) is -0.895. The van der Waals surface area contributed by atoms with Gasteiger partial charge in [0.25, 0.3) is 0 Å². The van der Waals surface area contributed by atoms with E-state index in [1.807, 2.05) is 59.3 Å². The predicted octanol–water partition coefficient (Wildman–Crippen LogP) is 4.16. The van der Waals surface area contributed by atoms with Gasteiger partial charge in [0.1, 0.15) is 18.5 Å². The maximum atomic E-state index is 12.7. The number of ether oxygens (including phenoxy) is 2. The molecule has 0 radical (unpaired) electrons. The standard InChI is InChI=1S/C26H24O6S2/c1-31-25(29)26(30)13-20(27)23(28)24(32-14-16-3-5-22-18(11-16)7-9-34-22)19(26)12-15-2-4-21-17(10-15)6-8-33-21/h2-11,20,23,27-28,30H,12-14H2,1H3/t20-,23+,26-/m1/s1. The lowest BCUT2D eigenvalue weighted by atomic mass is 9.76. The van der Waals surface area contributed by atoms with Crippen LogP contribution in [-0.2, 0) is 27.3 Å². The Hall–Kier alpha value is -2.75. The number of hydrogen-bond acceptors (Lipinski definition) is 8. The van der Waals surface area contributed by atoms with E-state index >= 15 is 0 Å². The third-order valence-electron chi connectivity index (χ3n) is 6.27. The molecule has 8 heteroatoms. The van der Waals surface area contributed by atoms with E-state index in [0.29, 0.717) is 0 Å². The monoisotopic (exact) mass is 496 g/mol. The average Bonchev–Trinajstić information content (AvgIpc) is 3.50. The molecule has 2 aromatic heterocycles. The van der Waals surface area contributed by atoms with E-state index in [1.54, 1.807) is 22.7 Å². The van der Waals surface area contributed by atoms with Crippen LogP contribution in [0.15, 0.2) is 70.6 Å². The second-order valence-corrected chi connectivity index (χ2v) is 10.4. The highest BCUT2D eigenvalue weighted by molar-refractivity contribution is 7.17. The zero-order valence-corrected chi connectivity index (χ0v) is 20.1. The summed E-state index contributed by atoms with van der Waals surface area (Å²) in [4.78, 5) is 12.7. The number of hydrogen-bond donors (Lipinski definition) is 3. The van der Waals surface area contributed by atoms with Crippen LogP contribution in [-0.4, -0.2) is 46.2 Å². The summed E-state index contributed by atoms with van der Waals surface area (Å²) in [6.45, 7) is 0.106. The normalized spacial score (nSPS) is 22.9. The molecule has 6 nitrogen and oxygen atoms in total. The summed E-state index contributed by atoms with van der Waals surface area (Å²) in [7, 11) is 1.18. The fraction of sp³-hybridized carbons (Fsp3) is 0.269. The number of esters is 1. The lowest BCUT2D eigenvalue weighted by Gasteiger charge is -2.39. The molecule has 0 amide bonds. The topological polar surface area (TPSA) is 96.2 Å². The van der Waals surface area contributed by atoms with Crippen LogP contribution >= 0.6 is 22.7 Å². The molecule has 0 bridgehead atoms. The molecule has 3 atom stereocenters. The van der Waals surface area contributed by atoms with E-state index in [9.17, 15) is 20.1 Å². The molecule has 0 saturated heterocycles. The first-order chi connectivity index (χ1) is 16.4. The van der Waals surface area contributed by atoms with Crippen molar-refractivity contribution in [2.45, 2.75) is 37.3 Å². The molecule has 5 rings (SSSR count). The van der Waals surface area contributed by atoms with Crippen LogP contribution in [0.1, 0.15) is 17.5 Å². The average molecular weight is 497 g/mol. The van der Waals surface area contributed by atoms with Crippen molar-refractivity contribution in [1.82, 2.24) is 0 Å². The van der Waals surface area contributed by atoms with Gasteiger partial charge < -0.3 is 24.8 Å². The number of methoxy groups -OCH3 is 1. The maximum Gasteiger partial charge on any atom is 0.342 e. The summed E-state index contributed by atoms with van der Waals surface area (Å²) in [5.41, 5.74) is -0.217. The Labute approximate surface area is 204 Å². The van der Waals surface area contributed by atoms with Gasteiger partial charge in [-0.25, -0.2) is 4.79 Å². The predicted molar refractivity (Wildman–Crippen MR) is 133 cm³/mol. The highest BCUT2D eigenvalue weighted by Gasteiger charge is 2.51. The van der Waals surface area contributed by atoms with Crippen LogP contribution in [0.4, 0.5) is 0 Å². The molecule has 0 spiro atoms. The van der Waals surface area contributed by atoms with E-state index < -0.39 is 23.8 Å². The summed E-state index contributed by atoms with van der Waals surface area (Å²) >= 11 is 3.27. The first-order valence-electron chi connectivity index (χ1n) is 10.8. The summed E-state index contributed by atoms with van der Waals surface area (Å²) in [5, 5.41) is 38.9. The fourth-order valence-corrected chi connectivity index (χ4v) is 6.01. The third kappa shape index (κ3) is 4.12. The van der Waals surface area contributed by atoms with E-state index in [0.717, 1.165) is 31.3 Å². The van der Waals surface area contributed by atoms with Crippen molar-refractivity contribution in [3.63, 3.8) is 0 Å². The third-order valence-corrected chi connectivity index (χ3v) is 8.06. The Kier molecular flexibility index (Phi) is 6.18. The van der Waals surface area contributed by atoms with Crippen molar-refractivity contribution >= 4 is 48.8 Å². The molecular weight excluding hydrogens is 472 g/mol. The lowest BCUT2D eigenvalue weighted by Crippen LogP contribution is -2.53. The molecule has 3 N–H and O–H groups in total. The van der Waals surface area contributed by atoms with Gasteiger partial charge in [0.2, 0.25) is 0 Å². The zero-order valence-electron chi connectivity index (χ0n) is 18.4. The van der Waals surface area contributed by atoms with Crippen molar-refractivity contribution in [1.29, 1.82) is 0 Å². The first-order valence-corrected chi connectivity index (χ1v) is 12.6. The number of carbonyl (C=O) groups excluding carboxylic acids is 1. The minimum atomic E-state index is -2.12. The van der Waals surface area contributed by atoms with Gasteiger partial charge in [-0.2, -0.15) is 0 Å². The van der Waals surface area contributed by atoms with E-state index in [4.69, 9.17) is 9.47 Å². The van der Waals surface area contributed by atoms with Crippen LogP contribution in [0.5, 0.6) is 0 Å². The maximum absolute atomic E-state index is 12.7. The Morgan fingerprint density at radius 3 is 2.26 bits per heavy atom. The van der Waals surface area contributed by atoms with Gasteiger partial charge >= 0.3 is 5.97 Å². The minimum absolute atomic E-state index is 0.00230. The molecular formula is C26H24O6S2. The van der Waals surface area contributed by atoms with Gasteiger partial charge in [-0.1, -0.05) is 12.1 Å². The van der Waals surface area contributed by atoms with E-state index in [2.05, 4.69) is 0 Å². The fourth-order valence-electron chi connectivity index (χ4n) is 4.47. The highest BCUT2D eigenvalue weighted by Crippen LogP contribution is 2.39. The highest BCUT2D eigenvalue weighted by atomic mass is 32.1. The molecule has 2 heterocycles. The second-order valence-electron chi connectivity index (χ2n) is 8.46. The Balaban J connectivity index is 1.54. The number of rotatable bonds is 6. The van der Waals surface area contributed by atoms with Crippen molar-refractivity contribution in [3.05, 3.63) is 81.8 Å². The number of fused-ring (bicyclic) bond motifs is 2. The summed E-state index contributed by atoms with van der Waals surface area (Å²) in [6.07, 6.45) is -3.00.